The fourth-order valence-electron chi connectivity index (χ4n) is 2.31. The second kappa shape index (κ2) is 7.27. The zero-order valence-corrected chi connectivity index (χ0v) is 13.3. The average molecular weight is 287 g/mol. The van der Waals surface area contributed by atoms with E-state index in [2.05, 4.69) is 33.9 Å². The van der Waals surface area contributed by atoms with Gasteiger partial charge in [-0.2, -0.15) is 0 Å². The zero-order chi connectivity index (χ0) is 15.2. The van der Waals surface area contributed by atoms with E-state index in [1.807, 2.05) is 45.4 Å². The number of aryl methyl sites for hydroxylation is 1. The number of hydrogen-bond donors (Lipinski definition) is 1. The Hall–Kier alpha value is -1.81. The van der Waals surface area contributed by atoms with Crippen molar-refractivity contribution in [1.82, 2.24) is 14.9 Å². The molecule has 2 rings (SSSR count). The van der Waals surface area contributed by atoms with Crippen molar-refractivity contribution in [2.24, 2.45) is 7.05 Å². The first kappa shape index (κ1) is 15.6. The molecule has 4 heteroatoms. The van der Waals surface area contributed by atoms with Gasteiger partial charge in [0.25, 0.3) is 0 Å². The van der Waals surface area contributed by atoms with E-state index in [1.165, 1.54) is 5.56 Å². The Labute approximate surface area is 127 Å². The van der Waals surface area contributed by atoms with Crippen molar-refractivity contribution in [3.8, 4) is 5.75 Å². The van der Waals surface area contributed by atoms with E-state index in [1.54, 1.807) is 0 Å². The lowest BCUT2D eigenvalue weighted by atomic mass is 10.1. The second-order valence-electron chi connectivity index (χ2n) is 5.52. The smallest absolute Gasteiger partial charge is 0.130 e. The van der Waals surface area contributed by atoms with Crippen LogP contribution in [0.5, 0.6) is 5.75 Å². The van der Waals surface area contributed by atoms with Gasteiger partial charge < -0.3 is 14.6 Å². The van der Waals surface area contributed by atoms with E-state index >= 15 is 0 Å². The molecule has 0 spiro atoms. The molecule has 114 valence electrons. The van der Waals surface area contributed by atoms with Crippen LogP contribution in [0.3, 0.4) is 0 Å². The minimum Gasteiger partial charge on any atom is -0.491 e. The van der Waals surface area contributed by atoms with Crippen LogP contribution in [0.15, 0.2) is 36.7 Å². The van der Waals surface area contributed by atoms with Gasteiger partial charge in [0.1, 0.15) is 11.6 Å². The molecule has 0 aliphatic carbocycles. The minimum atomic E-state index is 0.109. The van der Waals surface area contributed by atoms with Crippen LogP contribution in [-0.4, -0.2) is 22.2 Å². The predicted octanol–water partition coefficient (Wildman–Crippen LogP) is 3.30. The lowest BCUT2D eigenvalue weighted by Gasteiger charge is -2.19. The van der Waals surface area contributed by atoms with Crippen molar-refractivity contribution in [3.63, 3.8) is 0 Å². The van der Waals surface area contributed by atoms with Crippen molar-refractivity contribution in [2.75, 3.05) is 6.54 Å². The summed E-state index contributed by atoms with van der Waals surface area (Å²) in [5.41, 5.74) is 1.20. The molecule has 0 amide bonds. The number of nitrogens with one attached hydrogen (secondary N) is 1. The maximum absolute atomic E-state index is 5.70. The van der Waals surface area contributed by atoms with Crippen molar-refractivity contribution in [3.05, 3.63) is 48.0 Å². The summed E-state index contributed by atoms with van der Waals surface area (Å²) in [7, 11) is 2.03. The topological polar surface area (TPSA) is 39.1 Å². The summed E-state index contributed by atoms with van der Waals surface area (Å²) in [6, 6.07) is 8.38. The molecule has 1 N–H and O–H groups in total. The van der Waals surface area contributed by atoms with Crippen LogP contribution in [-0.2, 0) is 7.05 Å². The molecule has 1 aromatic carbocycles. The van der Waals surface area contributed by atoms with Crippen LogP contribution in [0.25, 0.3) is 0 Å². The first-order valence-electron chi connectivity index (χ1n) is 7.59. The van der Waals surface area contributed by atoms with Crippen LogP contribution in [0.4, 0.5) is 0 Å². The van der Waals surface area contributed by atoms with Gasteiger partial charge in [-0.3, -0.25) is 0 Å². The number of rotatable bonds is 7. The first-order valence-corrected chi connectivity index (χ1v) is 7.59. The molecule has 0 aliphatic rings. The molecular formula is C17H25N3O. The van der Waals surface area contributed by atoms with Gasteiger partial charge in [0.05, 0.1) is 12.1 Å². The van der Waals surface area contributed by atoms with Crippen molar-refractivity contribution in [2.45, 2.75) is 39.3 Å². The largest absolute Gasteiger partial charge is 0.491 e. The van der Waals surface area contributed by atoms with E-state index in [0.29, 0.717) is 0 Å². The van der Waals surface area contributed by atoms with E-state index in [9.17, 15) is 0 Å². The Kier molecular flexibility index (Phi) is 5.39. The Morgan fingerprint density at radius 1 is 1.24 bits per heavy atom. The fourth-order valence-corrected chi connectivity index (χ4v) is 2.31. The lowest BCUT2D eigenvalue weighted by molar-refractivity contribution is 0.242. The molecular weight excluding hydrogens is 262 g/mol. The monoisotopic (exact) mass is 287 g/mol. The molecule has 1 unspecified atom stereocenters. The Balaban J connectivity index is 2.22. The molecule has 2 aromatic rings. The molecule has 4 nitrogen and oxygen atoms in total. The highest BCUT2D eigenvalue weighted by atomic mass is 16.5. The summed E-state index contributed by atoms with van der Waals surface area (Å²) < 4.78 is 7.76. The van der Waals surface area contributed by atoms with E-state index < -0.39 is 0 Å². The highest BCUT2D eigenvalue weighted by Gasteiger charge is 2.17. The molecule has 0 saturated heterocycles. The molecule has 1 heterocycles. The Morgan fingerprint density at radius 2 is 1.95 bits per heavy atom. The Morgan fingerprint density at radius 3 is 2.48 bits per heavy atom. The summed E-state index contributed by atoms with van der Waals surface area (Å²) in [4.78, 5) is 4.49. The van der Waals surface area contributed by atoms with Crippen LogP contribution in [0.1, 0.15) is 44.6 Å². The number of nitrogens with zero attached hydrogens (tertiary/aromatic N) is 2. The summed E-state index contributed by atoms with van der Waals surface area (Å²) >= 11 is 0. The number of ether oxygens (including phenoxy) is 1. The normalized spacial score (nSPS) is 12.6. The molecule has 1 aromatic heterocycles. The van der Waals surface area contributed by atoms with Gasteiger partial charge in [-0.15, -0.1) is 0 Å². The summed E-state index contributed by atoms with van der Waals surface area (Å²) in [6.45, 7) is 7.20. The number of hydrogen-bond acceptors (Lipinski definition) is 3. The minimum absolute atomic E-state index is 0.109. The van der Waals surface area contributed by atoms with Gasteiger partial charge in [0, 0.05) is 19.4 Å². The molecule has 0 aliphatic heterocycles. The third kappa shape index (κ3) is 4.08. The van der Waals surface area contributed by atoms with Gasteiger partial charge in [0.15, 0.2) is 0 Å². The van der Waals surface area contributed by atoms with Crippen molar-refractivity contribution >= 4 is 0 Å². The molecule has 0 saturated carbocycles. The van der Waals surface area contributed by atoms with E-state index in [4.69, 9.17) is 4.74 Å². The summed E-state index contributed by atoms with van der Waals surface area (Å²) in [5, 5.41) is 3.57. The maximum atomic E-state index is 5.70. The molecule has 0 fully saturated rings. The van der Waals surface area contributed by atoms with E-state index in [-0.39, 0.29) is 12.1 Å². The molecule has 21 heavy (non-hydrogen) atoms. The average Bonchev–Trinajstić information content (AvgIpc) is 2.87. The maximum Gasteiger partial charge on any atom is 0.130 e. The van der Waals surface area contributed by atoms with Gasteiger partial charge in [0.2, 0.25) is 0 Å². The van der Waals surface area contributed by atoms with Crippen molar-refractivity contribution < 1.29 is 4.74 Å². The fraction of sp³-hybridized carbons (Fsp3) is 0.471. The zero-order valence-electron chi connectivity index (χ0n) is 13.3. The van der Waals surface area contributed by atoms with Gasteiger partial charge >= 0.3 is 0 Å². The highest BCUT2D eigenvalue weighted by molar-refractivity contribution is 5.32. The van der Waals surface area contributed by atoms with Gasteiger partial charge in [-0.05, 0) is 44.5 Å². The van der Waals surface area contributed by atoms with Crippen LogP contribution in [0, 0.1) is 0 Å². The standard InChI is InChI=1S/C17H25N3O/c1-5-10-18-16(17-19-11-12-20(17)4)14-6-8-15(9-7-14)21-13(2)3/h6-9,11-13,16,18H,5,10H2,1-4H3. The third-order valence-electron chi connectivity index (χ3n) is 3.30. The van der Waals surface area contributed by atoms with Crippen LogP contribution >= 0.6 is 0 Å². The molecule has 1 atom stereocenters. The predicted molar refractivity (Wildman–Crippen MR) is 85.6 cm³/mol. The van der Waals surface area contributed by atoms with Gasteiger partial charge in [-0.1, -0.05) is 19.1 Å². The van der Waals surface area contributed by atoms with Crippen LogP contribution < -0.4 is 10.1 Å². The lowest BCUT2D eigenvalue weighted by Crippen LogP contribution is -2.25. The number of imidazole rings is 1. The molecule has 0 radical (unpaired) electrons. The molecule has 0 bridgehead atoms. The summed E-state index contributed by atoms with van der Waals surface area (Å²) in [5.74, 6) is 1.93. The van der Waals surface area contributed by atoms with Crippen LogP contribution in [0.2, 0.25) is 0 Å². The van der Waals surface area contributed by atoms with E-state index in [0.717, 1.165) is 24.5 Å². The second-order valence-corrected chi connectivity index (χ2v) is 5.52. The number of aromatic nitrogens is 2. The number of benzene rings is 1. The first-order chi connectivity index (χ1) is 10.1. The quantitative estimate of drug-likeness (QED) is 0.849. The van der Waals surface area contributed by atoms with Gasteiger partial charge in [-0.25, -0.2) is 4.98 Å². The summed E-state index contributed by atoms with van der Waals surface area (Å²) in [6.07, 6.45) is 5.10. The third-order valence-corrected chi connectivity index (χ3v) is 3.30. The highest BCUT2D eigenvalue weighted by Crippen LogP contribution is 2.23. The SMILES string of the molecule is CCCNC(c1ccc(OC(C)C)cc1)c1nccn1C. The van der Waals surface area contributed by atoms with Crippen molar-refractivity contribution in [1.29, 1.82) is 0 Å². The Bertz CT molecular complexity index is 545.